The average molecular weight is 515 g/mol. The van der Waals surface area contributed by atoms with E-state index < -0.39 is 33.7 Å². The van der Waals surface area contributed by atoms with E-state index in [9.17, 15) is 22.8 Å². The lowest BCUT2D eigenvalue weighted by molar-refractivity contribution is -0.116. The van der Waals surface area contributed by atoms with Gasteiger partial charge in [0.1, 0.15) is 0 Å². The van der Waals surface area contributed by atoms with E-state index >= 15 is 0 Å². The summed E-state index contributed by atoms with van der Waals surface area (Å²) in [5.74, 6) is -0.484. The number of nitrogens with one attached hydrogen (secondary N) is 1. The molecule has 1 aromatic heterocycles. The minimum Gasteiger partial charge on any atom is -0.367 e. The molecule has 0 radical (unpaired) electrons. The second kappa shape index (κ2) is 9.88. The standard InChI is InChI=1S/C24H30N6O5S/c1-26-11-13-30(14-12-26)21-8-6-5-7-19(21)25-22(31)16-27(2)36(34,35)17-9-10-20-18(15-17)23(32)29(4)24(33)28(20)3/h5-10,15H,11-14,16H2,1-4H3,(H,25,31). The smallest absolute Gasteiger partial charge is 0.330 e. The van der Waals surface area contributed by atoms with Gasteiger partial charge >= 0.3 is 5.69 Å². The monoisotopic (exact) mass is 514 g/mol. The molecule has 12 heteroatoms. The normalized spacial score (nSPS) is 15.0. The highest BCUT2D eigenvalue weighted by Gasteiger charge is 2.25. The van der Waals surface area contributed by atoms with Gasteiger partial charge < -0.3 is 15.1 Å². The Kier molecular flexibility index (Phi) is 7.03. The Morgan fingerprint density at radius 3 is 2.33 bits per heavy atom. The van der Waals surface area contributed by atoms with Crippen LogP contribution in [0.15, 0.2) is 56.9 Å². The van der Waals surface area contributed by atoms with Crippen LogP contribution in [0, 0.1) is 0 Å². The van der Waals surface area contributed by atoms with E-state index in [1.165, 1.54) is 43.9 Å². The molecule has 2 heterocycles. The van der Waals surface area contributed by atoms with Crippen molar-refractivity contribution in [2.24, 2.45) is 14.1 Å². The summed E-state index contributed by atoms with van der Waals surface area (Å²) in [6.07, 6.45) is 0. The molecule has 0 unspecified atom stereocenters. The fourth-order valence-electron chi connectivity index (χ4n) is 4.29. The Balaban J connectivity index is 1.54. The third-order valence-electron chi connectivity index (χ3n) is 6.53. The molecule has 2 aromatic carbocycles. The first-order valence-electron chi connectivity index (χ1n) is 11.5. The topological polar surface area (TPSA) is 117 Å². The van der Waals surface area contributed by atoms with Crippen molar-refractivity contribution < 1.29 is 13.2 Å². The highest BCUT2D eigenvalue weighted by molar-refractivity contribution is 7.89. The van der Waals surface area contributed by atoms with Crippen LogP contribution in [-0.4, -0.2) is 79.5 Å². The molecule has 1 N–H and O–H groups in total. The predicted molar refractivity (Wildman–Crippen MR) is 139 cm³/mol. The van der Waals surface area contributed by atoms with Gasteiger partial charge in [0.15, 0.2) is 0 Å². The van der Waals surface area contributed by atoms with Crippen LogP contribution in [0.1, 0.15) is 0 Å². The summed E-state index contributed by atoms with van der Waals surface area (Å²) in [6.45, 7) is 3.05. The molecule has 1 aliphatic heterocycles. The van der Waals surface area contributed by atoms with Crippen LogP contribution in [0.4, 0.5) is 11.4 Å². The van der Waals surface area contributed by atoms with Gasteiger partial charge in [-0.15, -0.1) is 0 Å². The van der Waals surface area contributed by atoms with Gasteiger partial charge in [-0.25, -0.2) is 13.2 Å². The zero-order valence-corrected chi connectivity index (χ0v) is 21.6. The first-order valence-corrected chi connectivity index (χ1v) is 12.9. The number of likely N-dealkylation sites (N-methyl/N-ethyl adjacent to an activating group) is 2. The summed E-state index contributed by atoms with van der Waals surface area (Å²) >= 11 is 0. The van der Waals surface area contributed by atoms with E-state index in [0.717, 1.165) is 40.7 Å². The van der Waals surface area contributed by atoms with Crippen molar-refractivity contribution in [2.45, 2.75) is 4.90 Å². The van der Waals surface area contributed by atoms with Gasteiger partial charge in [0, 0.05) is 47.3 Å². The summed E-state index contributed by atoms with van der Waals surface area (Å²) in [6, 6.07) is 11.4. The van der Waals surface area contributed by atoms with Crippen molar-refractivity contribution in [2.75, 3.05) is 57.0 Å². The number of benzene rings is 2. The van der Waals surface area contributed by atoms with Crippen molar-refractivity contribution >= 4 is 38.2 Å². The molecule has 192 valence electrons. The van der Waals surface area contributed by atoms with Crippen molar-refractivity contribution in [1.29, 1.82) is 0 Å². The third-order valence-corrected chi connectivity index (χ3v) is 8.33. The molecule has 0 bridgehead atoms. The first kappa shape index (κ1) is 25.6. The van der Waals surface area contributed by atoms with Gasteiger partial charge in [0.25, 0.3) is 5.56 Å². The van der Waals surface area contributed by atoms with Crippen LogP contribution in [0.5, 0.6) is 0 Å². The van der Waals surface area contributed by atoms with E-state index in [0.29, 0.717) is 11.2 Å². The number of amides is 1. The van der Waals surface area contributed by atoms with Crippen LogP contribution in [0.25, 0.3) is 10.9 Å². The SMILES string of the molecule is CN1CCN(c2ccccc2NC(=O)CN(C)S(=O)(=O)c2ccc3c(c2)c(=O)n(C)c(=O)n3C)CC1. The summed E-state index contributed by atoms with van der Waals surface area (Å²) in [5.41, 5.74) is 0.733. The fourth-order valence-corrected chi connectivity index (χ4v) is 5.45. The molecule has 11 nitrogen and oxygen atoms in total. The minimum absolute atomic E-state index is 0.0969. The van der Waals surface area contributed by atoms with Gasteiger partial charge in [-0.2, -0.15) is 4.31 Å². The third kappa shape index (κ3) is 4.79. The van der Waals surface area contributed by atoms with E-state index in [1.807, 2.05) is 18.2 Å². The van der Waals surface area contributed by atoms with E-state index in [-0.39, 0.29) is 10.3 Å². The lowest BCUT2D eigenvalue weighted by Crippen LogP contribution is -2.44. The number of aromatic nitrogens is 2. The number of carbonyl (C=O) groups excluding carboxylic acids is 1. The number of anilines is 2. The number of fused-ring (bicyclic) bond motifs is 1. The van der Waals surface area contributed by atoms with Crippen LogP contribution in [-0.2, 0) is 28.9 Å². The summed E-state index contributed by atoms with van der Waals surface area (Å²) < 4.78 is 29.6. The van der Waals surface area contributed by atoms with Gasteiger partial charge in [-0.1, -0.05) is 12.1 Å². The lowest BCUT2D eigenvalue weighted by Gasteiger charge is -2.35. The zero-order valence-electron chi connectivity index (χ0n) is 20.8. The maximum absolute atomic E-state index is 13.2. The number of hydrogen-bond acceptors (Lipinski definition) is 7. The highest BCUT2D eigenvalue weighted by atomic mass is 32.2. The number of hydrogen-bond donors (Lipinski definition) is 1. The van der Waals surface area contributed by atoms with Crippen molar-refractivity contribution in [3.63, 3.8) is 0 Å². The Morgan fingerprint density at radius 1 is 0.972 bits per heavy atom. The molecule has 0 aliphatic carbocycles. The molecule has 36 heavy (non-hydrogen) atoms. The maximum Gasteiger partial charge on any atom is 0.330 e. The number of aryl methyl sites for hydroxylation is 1. The average Bonchev–Trinajstić information content (AvgIpc) is 2.86. The molecule has 1 fully saturated rings. The summed E-state index contributed by atoms with van der Waals surface area (Å²) in [4.78, 5) is 41.9. The molecule has 1 amide bonds. The maximum atomic E-state index is 13.2. The first-order chi connectivity index (χ1) is 17.0. The number of para-hydroxylation sites is 2. The van der Waals surface area contributed by atoms with Crippen LogP contribution < -0.4 is 21.5 Å². The zero-order chi connectivity index (χ0) is 26.2. The number of piperazine rings is 1. The van der Waals surface area contributed by atoms with Crippen LogP contribution in [0.3, 0.4) is 0 Å². The van der Waals surface area contributed by atoms with Crippen LogP contribution >= 0.6 is 0 Å². The largest absolute Gasteiger partial charge is 0.367 e. The minimum atomic E-state index is -4.09. The molecule has 0 spiro atoms. The Hall–Kier alpha value is -3.48. The van der Waals surface area contributed by atoms with E-state index in [4.69, 9.17) is 0 Å². The molecule has 0 atom stereocenters. The van der Waals surface area contributed by atoms with Crippen LogP contribution in [0.2, 0.25) is 0 Å². The van der Waals surface area contributed by atoms with Crippen molar-refractivity contribution in [3.8, 4) is 0 Å². The Labute approximate surface area is 209 Å². The summed E-state index contributed by atoms with van der Waals surface area (Å²) in [7, 11) is 2.13. The van der Waals surface area contributed by atoms with Gasteiger partial charge in [-0.3, -0.25) is 18.7 Å². The molecular weight excluding hydrogens is 484 g/mol. The van der Waals surface area contributed by atoms with E-state index in [2.05, 4.69) is 22.2 Å². The Morgan fingerprint density at radius 2 is 1.64 bits per heavy atom. The van der Waals surface area contributed by atoms with Gasteiger partial charge in [0.2, 0.25) is 15.9 Å². The number of nitrogens with zero attached hydrogens (tertiary/aromatic N) is 5. The van der Waals surface area contributed by atoms with E-state index in [1.54, 1.807) is 6.07 Å². The summed E-state index contributed by atoms with van der Waals surface area (Å²) in [5, 5.41) is 2.94. The molecule has 0 saturated carbocycles. The predicted octanol–water partition coefficient (Wildman–Crippen LogP) is 0.248. The Bertz CT molecular complexity index is 1540. The molecule has 4 rings (SSSR count). The molecule has 1 saturated heterocycles. The molecule has 1 aliphatic rings. The number of sulfonamides is 1. The lowest BCUT2D eigenvalue weighted by atomic mass is 10.2. The quantitative estimate of drug-likeness (QED) is 0.501. The van der Waals surface area contributed by atoms with Gasteiger partial charge in [0.05, 0.1) is 33.7 Å². The number of rotatable bonds is 6. The highest BCUT2D eigenvalue weighted by Crippen LogP contribution is 2.27. The second-order valence-corrected chi connectivity index (χ2v) is 11.0. The number of carbonyl (C=O) groups is 1. The molecule has 3 aromatic rings. The fraction of sp³-hybridized carbons (Fsp3) is 0.375. The second-order valence-electron chi connectivity index (χ2n) is 9.00. The van der Waals surface area contributed by atoms with Gasteiger partial charge in [-0.05, 0) is 37.4 Å². The van der Waals surface area contributed by atoms with Crippen molar-refractivity contribution in [1.82, 2.24) is 18.3 Å². The van der Waals surface area contributed by atoms with Crippen molar-refractivity contribution in [3.05, 3.63) is 63.3 Å². The molecular formula is C24H30N6O5S.